The van der Waals surface area contributed by atoms with E-state index in [1.807, 2.05) is 37.3 Å². The van der Waals surface area contributed by atoms with Gasteiger partial charge in [0.2, 0.25) is 5.88 Å². The number of hydrogen-bond acceptors (Lipinski definition) is 6. The van der Waals surface area contributed by atoms with Crippen LogP contribution >= 0.6 is 0 Å². The number of hydrogen-bond donors (Lipinski definition) is 0. The lowest BCUT2D eigenvalue weighted by Gasteiger charge is -2.23. The number of fused-ring (bicyclic) bond motifs is 2. The molecule has 0 saturated heterocycles. The van der Waals surface area contributed by atoms with Crippen LogP contribution in [0.2, 0.25) is 0 Å². The van der Waals surface area contributed by atoms with Crippen LogP contribution in [0.5, 0.6) is 5.88 Å². The summed E-state index contributed by atoms with van der Waals surface area (Å²) in [5, 5.41) is 11.2. The molecule has 0 aliphatic carbocycles. The van der Waals surface area contributed by atoms with E-state index < -0.39 is 5.41 Å². The smallest absolute Gasteiger partial charge is 0.261 e. The summed E-state index contributed by atoms with van der Waals surface area (Å²) in [5.41, 5.74) is 3.86. The van der Waals surface area contributed by atoms with E-state index in [4.69, 9.17) is 9.72 Å². The van der Waals surface area contributed by atoms with E-state index in [-0.39, 0.29) is 18.4 Å². The van der Waals surface area contributed by atoms with Gasteiger partial charge in [-0.3, -0.25) is 19.5 Å². The van der Waals surface area contributed by atoms with Crippen LogP contribution in [0.1, 0.15) is 57.1 Å². The molecule has 2 aromatic carbocycles. The fourth-order valence-corrected chi connectivity index (χ4v) is 4.80. The van der Waals surface area contributed by atoms with Crippen LogP contribution in [0.3, 0.4) is 0 Å². The van der Waals surface area contributed by atoms with Crippen molar-refractivity contribution in [2.75, 3.05) is 7.11 Å². The van der Waals surface area contributed by atoms with Gasteiger partial charge in [-0.2, -0.15) is 5.26 Å². The Morgan fingerprint density at radius 2 is 1.65 bits per heavy atom. The monoisotopic (exact) mass is 490 g/mol. The third-order valence-corrected chi connectivity index (χ3v) is 6.91. The SMILES string of the molecule is CCc1cc2ccc(C(C)(C#N)Cc3cccc(CN4C(=O)c5ccccc5C4=O)n3)cc2nc1OC. The topological polar surface area (TPSA) is 96.2 Å². The first-order valence-corrected chi connectivity index (χ1v) is 12.2. The minimum absolute atomic E-state index is 0.0723. The van der Waals surface area contributed by atoms with Crippen molar-refractivity contribution in [1.29, 1.82) is 5.26 Å². The molecule has 0 N–H and O–H groups in total. The number of amides is 2. The second-order valence-electron chi connectivity index (χ2n) is 9.40. The van der Waals surface area contributed by atoms with Crippen molar-refractivity contribution in [3.63, 3.8) is 0 Å². The second-order valence-corrected chi connectivity index (χ2v) is 9.40. The number of rotatable bonds is 7. The van der Waals surface area contributed by atoms with Gasteiger partial charge in [0.25, 0.3) is 11.8 Å². The van der Waals surface area contributed by atoms with Crippen LogP contribution < -0.4 is 4.74 Å². The van der Waals surface area contributed by atoms with Gasteiger partial charge in [0.1, 0.15) is 0 Å². The molecule has 5 rings (SSSR count). The highest BCUT2D eigenvalue weighted by Crippen LogP contribution is 2.31. The maximum atomic E-state index is 12.8. The third-order valence-electron chi connectivity index (χ3n) is 6.91. The summed E-state index contributed by atoms with van der Waals surface area (Å²) in [7, 11) is 1.61. The Bertz CT molecular complexity index is 1550. The van der Waals surface area contributed by atoms with Crippen molar-refractivity contribution in [3.8, 4) is 11.9 Å². The number of nitrogens with zero attached hydrogens (tertiary/aromatic N) is 4. The maximum Gasteiger partial charge on any atom is 0.261 e. The van der Waals surface area contributed by atoms with Gasteiger partial charge in [0.05, 0.1) is 47.5 Å². The molecule has 4 aromatic rings. The summed E-state index contributed by atoms with van der Waals surface area (Å²) >= 11 is 0. The highest BCUT2D eigenvalue weighted by molar-refractivity contribution is 6.21. The van der Waals surface area contributed by atoms with Crippen LogP contribution in [0.25, 0.3) is 10.9 Å². The van der Waals surface area contributed by atoms with Gasteiger partial charge < -0.3 is 4.74 Å². The lowest BCUT2D eigenvalue weighted by molar-refractivity contribution is 0.0640. The molecule has 7 heteroatoms. The largest absolute Gasteiger partial charge is 0.481 e. The standard InChI is InChI=1S/C30H26N4O3/c1-4-19-14-20-12-13-21(15-26(20)33-27(19)37-3)30(2,18-31)16-22-8-7-9-23(32-22)17-34-28(35)24-10-5-6-11-25(24)29(34)36/h5-15H,4,16-17H2,1-3H3. The molecular weight excluding hydrogens is 464 g/mol. The number of carbonyl (C=O) groups excluding carboxylic acids is 2. The molecule has 7 nitrogen and oxygen atoms in total. The Labute approximate surface area is 215 Å². The molecule has 0 radical (unpaired) electrons. The number of aromatic nitrogens is 2. The number of benzene rings is 2. The number of imide groups is 1. The summed E-state index contributed by atoms with van der Waals surface area (Å²) in [5.74, 6) is -0.0479. The van der Waals surface area contributed by atoms with E-state index in [0.29, 0.717) is 34.8 Å². The lowest BCUT2D eigenvalue weighted by atomic mass is 9.79. The predicted octanol–water partition coefficient (Wildman–Crippen LogP) is 5.02. The van der Waals surface area contributed by atoms with E-state index in [9.17, 15) is 14.9 Å². The Balaban J connectivity index is 1.41. The molecule has 37 heavy (non-hydrogen) atoms. The minimum atomic E-state index is -0.867. The Kier molecular flexibility index (Phi) is 6.18. The van der Waals surface area contributed by atoms with Gasteiger partial charge in [-0.05, 0) is 55.3 Å². The first-order chi connectivity index (χ1) is 17.9. The Morgan fingerprint density at radius 1 is 0.946 bits per heavy atom. The highest BCUT2D eigenvalue weighted by atomic mass is 16.5. The van der Waals surface area contributed by atoms with E-state index in [2.05, 4.69) is 24.0 Å². The van der Waals surface area contributed by atoms with Crippen LogP contribution in [0.4, 0.5) is 0 Å². The molecule has 1 aliphatic heterocycles. The molecule has 1 aliphatic rings. The molecule has 0 spiro atoms. The zero-order valence-electron chi connectivity index (χ0n) is 21.0. The molecule has 0 saturated carbocycles. The van der Waals surface area contributed by atoms with E-state index in [0.717, 1.165) is 28.5 Å². The van der Waals surface area contributed by atoms with Gasteiger partial charge in [-0.1, -0.05) is 37.3 Å². The predicted molar refractivity (Wildman–Crippen MR) is 139 cm³/mol. The van der Waals surface area contributed by atoms with Crippen LogP contribution in [-0.4, -0.2) is 33.8 Å². The number of pyridine rings is 2. The van der Waals surface area contributed by atoms with Crippen molar-refractivity contribution in [1.82, 2.24) is 14.9 Å². The summed E-state index contributed by atoms with van der Waals surface area (Å²) in [4.78, 5) is 36.1. The number of carbonyl (C=O) groups is 2. The van der Waals surface area contributed by atoms with Crippen LogP contribution in [-0.2, 0) is 24.8 Å². The van der Waals surface area contributed by atoms with Crippen molar-refractivity contribution in [3.05, 3.63) is 100 Å². The van der Waals surface area contributed by atoms with Gasteiger partial charge >= 0.3 is 0 Å². The summed E-state index contributed by atoms with van der Waals surface area (Å²) < 4.78 is 5.46. The molecule has 1 unspecified atom stereocenters. The molecular formula is C30H26N4O3. The normalized spacial score (nSPS) is 14.4. The van der Waals surface area contributed by atoms with E-state index >= 15 is 0 Å². The van der Waals surface area contributed by atoms with Crippen LogP contribution in [0.15, 0.2) is 66.7 Å². The Hall–Kier alpha value is -4.57. The number of aryl methyl sites for hydroxylation is 1. The highest BCUT2D eigenvalue weighted by Gasteiger charge is 2.35. The lowest BCUT2D eigenvalue weighted by Crippen LogP contribution is -2.30. The molecule has 0 bridgehead atoms. The number of nitriles is 1. The second kappa shape index (κ2) is 9.47. The van der Waals surface area contributed by atoms with Crippen molar-refractivity contribution in [2.45, 2.75) is 38.6 Å². The summed E-state index contributed by atoms with van der Waals surface area (Å²) in [6.07, 6.45) is 1.17. The van der Waals surface area contributed by atoms with Gasteiger partial charge in [0.15, 0.2) is 0 Å². The third kappa shape index (κ3) is 4.31. The van der Waals surface area contributed by atoms with Crippen LogP contribution in [0, 0.1) is 11.3 Å². The zero-order valence-corrected chi connectivity index (χ0v) is 21.0. The molecule has 0 fully saturated rings. The van der Waals surface area contributed by atoms with Crippen molar-refractivity contribution >= 4 is 22.7 Å². The van der Waals surface area contributed by atoms with Gasteiger partial charge in [-0.15, -0.1) is 0 Å². The summed E-state index contributed by atoms with van der Waals surface area (Å²) in [6, 6.07) is 22.7. The average molecular weight is 491 g/mol. The number of methoxy groups -OCH3 is 1. The maximum absolute atomic E-state index is 12.8. The molecule has 2 aromatic heterocycles. The van der Waals surface area contributed by atoms with E-state index in [1.54, 1.807) is 37.4 Å². The zero-order chi connectivity index (χ0) is 26.2. The van der Waals surface area contributed by atoms with Crippen molar-refractivity contribution < 1.29 is 14.3 Å². The minimum Gasteiger partial charge on any atom is -0.481 e. The van der Waals surface area contributed by atoms with Gasteiger partial charge in [0, 0.05) is 23.1 Å². The molecule has 3 heterocycles. The molecule has 184 valence electrons. The summed E-state index contributed by atoms with van der Waals surface area (Å²) in [6.45, 7) is 4.01. The van der Waals surface area contributed by atoms with Crippen molar-refractivity contribution in [2.24, 2.45) is 0 Å². The van der Waals surface area contributed by atoms with E-state index in [1.165, 1.54) is 4.90 Å². The first kappa shape index (κ1) is 24.1. The fraction of sp³-hybridized carbons (Fsp3) is 0.233. The Morgan fingerprint density at radius 3 is 2.30 bits per heavy atom. The number of ether oxygens (including phenoxy) is 1. The quantitative estimate of drug-likeness (QED) is 0.338. The molecule has 1 atom stereocenters. The average Bonchev–Trinajstić information content (AvgIpc) is 3.16. The van der Waals surface area contributed by atoms with Gasteiger partial charge in [-0.25, -0.2) is 4.98 Å². The first-order valence-electron chi connectivity index (χ1n) is 12.2. The molecule has 2 amide bonds. The fourth-order valence-electron chi connectivity index (χ4n) is 4.80.